The van der Waals surface area contributed by atoms with E-state index in [1.54, 1.807) is 7.11 Å². The van der Waals surface area contributed by atoms with E-state index >= 15 is 0 Å². The summed E-state index contributed by atoms with van der Waals surface area (Å²) < 4.78 is 7.53. The highest BCUT2D eigenvalue weighted by Crippen LogP contribution is 2.40. The first-order valence-corrected chi connectivity index (χ1v) is 6.66. The van der Waals surface area contributed by atoms with Crippen molar-refractivity contribution in [2.75, 3.05) is 13.7 Å². The first kappa shape index (κ1) is 12.7. The normalized spacial score (nSPS) is 19.2. The average Bonchev–Trinajstić information content (AvgIpc) is 3.06. The molecule has 1 saturated carbocycles. The molecule has 1 aliphatic rings. The van der Waals surface area contributed by atoms with E-state index in [4.69, 9.17) is 4.74 Å². The Bertz CT molecular complexity index is 344. The smallest absolute Gasteiger partial charge is 0.0721 e. The Balaban J connectivity index is 2.00. The minimum absolute atomic E-state index is 0.272. The van der Waals surface area contributed by atoms with Crippen LogP contribution < -0.4 is 5.32 Å². The van der Waals surface area contributed by atoms with Gasteiger partial charge < -0.3 is 14.6 Å². The molecular formula is C14H24N2O. The summed E-state index contributed by atoms with van der Waals surface area (Å²) in [6.07, 6.45) is 7.45. The van der Waals surface area contributed by atoms with E-state index < -0.39 is 0 Å². The van der Waals surface area contributed by atoms with Crippen LogP contribution in [-0.2, 0) is 11.3 Å². The summed E-state index contributed by atoms with van der Waals surface area (Å²) in [5, 5.41) is 3.60. The van der Waals surface area contributed by atoms with Crippen molar-refractivity contribution in [2.24, 2.45) is 5.92 Å². The predicted molar refractivity (Wildman–Crippen MR) is 70.0 cm³/mol. The third kappa shape index (κ3) is 3.33. The molecule has 1 aromatic rings. The van der Waals surface area contributed by atoms with Crippen LogP contribution in [0.4, 0.5) is 0 Å². The van der Waals surface area contributed by atoms with Gasteiger partial charge in [-0.2, -0.15) is 0 Å². The number of ether oxygens (including phenoxy) is 1. The van der Waals surface area contributed by atoms with Crippen molar-refractivity contribution in [3.05, 3.63) is 24.0 Å². The van der Waals surface area contributed by atoms with Crippen LogP contribution in [0.5, 0.6) is 0 Å². The number of rotatable bonds is 7. The molecule has 17 heavy (non-hydrogen) atoms. The van der Waals surface area contributed by atoms with Crippen molar-refractivity contribution in [3.63, 3.8) is 0 Å². The number of methoxy groups -OCH3 is 1. The van der Waals surface area contributed by atoms with Gasteiger partial charge in [-0.3, -0.25) is 0 Å². The summed E-state index contributed by atoms with van der Waals surface area (Å²) in [5.41, 5.74) is 1.43. The number of hydrogen-bond acceptors (Lipinski definition) is 2. The molecule has 2 unspecified atom stereocenters. The Hall–Kier alpha value is -0.800. The zero-order valence-electron chi connectivity index (χ0n) is 11.1. The molecule has 3 heteroatoms. The number of aromatic nitrogens is 1. The van der Waals surface area contributed by atoms with Gasteiger partial charge in [-0.15, -0.1) is 0 Å². The van der Waals surface area contributed by atoms with Crippen LogP contribution in [0.1, 0.15) is 38.3 Å². The summed E-state index contributed by atoms with van der Waals surface area (Å²) in [5.74, 6) is 0.852. The second-order valence-corrected chi connectivity index (χ2v) is 5.06. The molecule has 96 valence electrons. The summed E-state index contributed by atoms with van der Waals surface area (Å²) in [4.78, 5) is 0. The SMILES string of the molecule is CCNC(c1ccn(CC(C)OC)c1)C1CC1. The Kier molecular flexibility index (Phi) is 4.24. The van der Waals surface area contributed by atoms with Crippen LogP contribution in [-0.4, -0.2) is 24.3 Å². The molecule has 0 bridgehead atoms. The number of nitrogens with zero attached hydrogens (tertiary/aromatic N) is 1. The van der Waals surface area contributed by atoms with Crippen LogP contribution in [0.25, 0.3) is 0 Å². The van der Waals surface area contributed by atoms with Crippen molar-refractivity contribution in [1.29, 1.82) is 0 Å². The highest BCUT2D eigenvalue weighted by molar-refractivity contribution is 5.18. The molecule has 3 nitrogen and oxygen atoms in total. The van der Waals surface area contributed by atoms with Crippen molar-refractivity contribution in [3.8, 4) is 0 Å². The molecule has 1 aromatic heterocycles. The van der Waals surface area contributed by atoms with Crippen LogP contribution in [0.3, 0.4) is 0 Å². The second-order valence-electron chi connectivity index (χ2n) is 5.06. The van der Waals surface area contributed by atoms with Crippen molar-refractivity contribution in [1.82, 2.24) is 9.88 Å². The van der Waals surface area contributed by atoms with E-state index in [0.29, 0.717) is 6.04 Å². The Morgan fingerprint density at radius 2 is 2.29 bits per heavy atom. The van der Waals surface area contributed by atoms with Crippen molar-refractivity contribution in [2.45, 2.75) is 45.4 Å². The number of hydrogen-bond donors (Lipinski definition) is 1. The minimum atomic E-state index is 0.272. The molecule has 1 heterocycles. The second kappa shape index (κ2) is 5.69. The van der Waals surface area contributed by atoms with Gasteiger partial charge in [0.15, 0.2) is 0 Å². The monoisotopic (exact) mass is 236 g/mol. The molecule has 0 aliphatic heterocycles. The fourth-order valence-electron chi connectivity index (χ4n) is 2.33. The van der Waals surface area contributed by atoms with Gasteiger partial charge >= 0.3 is 0 Å². The predicted octanol–water partition coefficient (Wildman–Crippen LogP) is 2.58. The first-order chi connectivity index (χ1) is 8.24. The lowest BCUT2D eigenvalue weighted by Crippen LogP contribution is -2.22. The lowest BCUT2D eigenvalue weighted by Gasteiger charge is -2.16. The molecule has 1 aliphatic carbocycles. The Morgan fingerprint density at radius 1 is 1.53 bits per heavy atom. The molecule has 1 N–H and O–H groups in total. The summed E-state index contributed by atoms with van der Waals surface area (Å²) >= 11 is 0. The van der Waals surface area contributed by atoms with Gasteiger partial charge in [0.05, 0.1) is 6.10 Å². The van der Waals surface area contributed by atoms with E-state index in [2.05, 4.69) is 42.2 Å². The molecule has 2 rings (SSSR count). The maximum atomic E-state index is 5.29. The van der Waals surface area contributed by atoms with Gasteiger partial charge in [0.25, 0.3) is 0 Å². The molecule has 0 spiro atoms. The van der Waals surface area contributed by atoms with Gasteiger partial charge in [0.1, 0.15) is 0 Å². The zero-order chi connectivity index (χ0) is 12.3. The van der Waals surface area contributed by atoms with E-state index in [1.807, 2.05) is 0 Å². The zero-order valence-corrected chi connectivity index (χ0v) is 11.1. The van der Waals surface area contributed by atoms with Gasteiger partial charge in [0, 0.05) is 32.1 Å². The third-order valence-corrected chi connectivity index (χ3v) is 3.52. The highest BCUT2D eigenvalue weighted by Gasteiger charge is 2.31. The van der Waals surface area contributed by atoms with Crippen molar-refractivity contribution >= 4 is 0 Å². The van der Waals surface area contributed by atoms with Gasteiger partial charge in [-0.05, 0) is 43.9 Å². The maximum absolute atomic E-state index is 5.29. The lowest BCUT2D eigenvalue weighted by molar-refractivity contribution is 0.103. The van der Waals surface area contributed by atoms with E-state index in [1.165, 1.54) is 18.4 Å². The van der Waals surface area contributed by atoms with E-state index in [-0.39, 0.29) is 6.10 Å². The summed E-state index contributed by atoms with van der Waals surface area (Å²) in [6.45, 7) is 6.25. The molecule has 0 radical (unpaired) electrons. The van der Waals surface area contributed by atoms with Crippen LogP contribution in [0.15, 0.2) is 18.5 Å². The van der Waals surface area contributed by atoms with Crippen LogP contribution in [0.2, 0.25) is 0 Å². The molecular weight excluding hydrogens is 212 g/mol. The average molecular weight is 236 g/mol. The fourth-order valence-corrected chi connectivity index (χ4v) is 2.33. The topological polar surface area (TPSA) is 26.2 Å². The number of nitrogens with one attached hydrogen (secondary N) is 1. The first-order valence-electron chi connectivity index (χ1n) is 6.66. The largest absolute Gasteiger partial charge is 0.380 e. The Labute approximate surface area is 104 Å². The fraction of sp³-hybridized carbons (Fsp3) is 0.714. The van der Waals surface area contributed by atoms with E-state index in [0.717, 1.165) is 19.0 Å². The van der Waals surface area contributed by atoms with Gasteiger partial charge in [-0.1, -0.05) is 6.92 Å². The standard InChI is InChI=1S/C14H24N2O/c1-4-15-14(12-5-6-12)13-7-8-16(10-13)9-11(2)17-3/h7-8,10-12,14-15H,4-6,9H2,1-3H3. The van der Waals surface area contributed by atoms with Gasteiger partial charge in [0.2, 0.25) is 0 Å². The highest BCUT2D eigenvalue weighted by atomic mass is 16.5. The minimum Gasteiger partial charge on any atom is -0.380 e. The van der Waals surface area contributed by atoms with Crippen LogP contribution >= 0.6 is 0 Å². The van der Waals surface area contributed by atoms with E-state index in [9.17, 15) is 0 Å². The van der Waals surface area contributed by atoms with Crippen molar-refractivity contribution < 1.29 is 4.74 Å². The lowest BCUT2D eigenvalue weighted by atomic mass is 10.1. The molecule has 2 atom stereocenters. The quantitative estimate of drug-likeness (QED) is 0.787. The summed E-state index contributed by atoms with van der Waals surface area (Å²) in [6, 6.07) is 2.80. The molecule has 1 fully saturated rings. The molecule has 0 amide bonds. The molecule has 0 saturated heterocycles. The third-order valence-electron chi connectivity index (χ3n) is 3.52. The molecule has 0 aromatic carbocycles. The van der Waals surface area contributed by atoms with Crippen LogP contribution in [0, 0.1) is 5.92 Å². The Morgan fingerprint density at radius 3 is 2.88 bits per heavy atom. The van der Waals surface area contributed by atoms with Gasteiger partial charge in [-0.25, -0.2) is 0 Å². The maximum Gasteiger partial charge on any atom is 0.0721 e. The summed E-state index contributed by atoms with van der Waals surface area (Å²) in [7, 11) is 1.76.